The number of amides is 2. The van der Waals surface area contributed by atoms with Crippen LogP contribution in [-0.4, -0.2) is 17.6 Å². The van der Waals surface area contributed by atoms with Gasteiger partial charge in [0.1, 0.15) is 17.2 Å². The van der Waals surface area contributed by atoms with E-state index in [2.05, 4.69) is 15.6 Å². The quantitative estimate of drug-likeness (QED) is 0.624. The summed E-state index contributed by atoms with van der Waals surface area (Å²) in [6.07, 6.45) is 0. The summed E-state index contributed by atoms with van der Waals surface area (Å²) in [4.78, 5) is 16.7. The first-order chi connectivity index (χ1) is 13.1. The largest absolute Gasteiger partial charge is 0.492 e. The number of hydrogen-bond donors (Lipinski definition) is 2. The standard InChI is InChI=1S/C20H20ClN3O3/c1-3-26-18-10-5-4-9-16(18)24-20(25)22-12-17-13(2)27-19(23-17)14-7-6-8-15(21)11-14/h4-11H,3,12H2,1-2H3,(H2,22,24,25). The monoisotopic (exact) mass is 385 g/mol. The molecule has 0 aliphatic heterocycles. The third kappa shape index (κ3) is 4.80. The van der Waals surface area contributed by atoms with Crippen LogP contribution in [0, 0.1) is 6.92 Å². The number of aryl methyl sites for hydroxylation is 1. The Labute approximate surface area is 162 Å². The summed E-state index contributed by atoms with van der Waals surface area (Å²) in [5, 5.41) is 6.17. The fraction of sp³-hybridized carbons (Fsp3) is 0.200. The van der Waals surface area contributed by atoms with E-state index in [1.165, 1.54) is 0 Å². The number of nitrogens with one attached hydrogen (secondary N) is 2. The smallest absolute Gasteiger partial charge is 0.319 e. The number of aromatic nitrogens is 1. The third-order valence-corrected chi connectivity index (χ3v) is 4.05. The van der Waals surface area contributed by atoms with E-state index in [1.807, 2.05) is 31.2 Å². The van der Waals surface area contributed by atoms with E-state index in [9.17, 15) is 4.79 Å². The Kier molecular flexibility index (Phi) is 5.98. The molecular weight excluding hydrogens is 366 g/mol. The van der Waals surface area contributed by atoms with Crippen molar-refractivity contribution in [2.75, 3.05) is 11.9 Å². The maximum absolute atomic E-state index is 12.2. The normalized spacial score (nSPS) is 10.5. The molecule has 1 heterocycles. The lowest BCUT2D eigenvalue weighted by Crippen LogP contribution is -2.28. The predicted octanol–water partition coefficient (Wildman–Crippen LogP) is 5.02. The topological polar surface area (TPSA) is 76.4 Å². The highest BCUT2D eigenvalue weighted by Gasteiger charge is 2.13. The Balaban J connectivity index is 1.64. The van der Waals surface area contributed by atoms with Crippen LogP contribution in [0.1, 0.15) is 18.4 Å². The zero-order valence-corrected chi connectivity index (χ0v) is 15.8. The van der Waals surface area contributed by atoms with E-state index in [4.69, 9.17) is 20.8 Å². The van der Waals surface area contributed by atoms with E-state index in [-0.39, 0.29) is 12.6 Å². The highest BCUT2D eigenvalue weighted by Crippen LogP contribution is 2.25. The van der Waals surface area contributed by atoms with Gasteiger partial charge in [0, 0.05) is 10.6 Å². The van der Waals surface area contributed by atoms with Crippen LogP contribution in [0.3, 0.4) is 0 Å². The second-order valence-corrected chi connectivity index (χ2v) is 6.21. The highest BCUT2D eigenvalue weighted by atomic mass is 35.5. The number of benzene rings is 2. The number of ether oxygens (including phenoxy) is 1. The number of para-hydroxylation sites is 2. The first-order valence-electron chi connectivity index (χ1n) is 8.55. The van der Waals surface area contributed by atoms with Gasteiger partial charge in [-0.05, 0) is 44.2 Å². The number of oxazole rings is 1. The van der Waals surface area contributed by atoms with Gasteiger partial charge in [-0.3, -0.25) is 0 Å². The van der Waals surface area contributed by atoms with Gasteiger partial charge in [-0.1, -0.05) is 29.8 Å². The SMILES string of the molecule is CCOc1ccccc1NC(=O)NCc1nc(-c2cccc(Cl)c2)oc1C. The second kappa shape index (κ2) is 8.60. The molecule has 0 aliphatic carbocycles. The predicted molar refractivity (Wildman–Crippen MR) is 105 cm³/mol. The van der Waals surface area contributed by atoms with Gasteiger partial charge in [-0.25, -0.2) is 9.78 Å². The van der Waals surface area contributed by atoms with Crippen molar-refractivity contribution in [3.05, 3.63) is 65.0 Å². The van der Waals surface area contributed by atoms with Gasteiger partial charge in [0.05, 0.1) is 18.8 Å². The van der Waals surface area contributed by atoms with Gasteiger partial charge in [0.25, 0.3) is 0 Å². The maximum atomic E-state index is 12.2. The molecule has 1 aromatic heterocycles. The molecule has 2 N–H and O–H groups in total. The van der Waals surface area contributed by atoms with E-state index >= 15 is 0 Å². The number of anilines is 1. The van der Waals surface area contributed by atoms with Crippen LogP contribution in [-0.2, 0) is 6.54 Å². The molecule has 0 unspecified atom stereocenters. The Morgan fingerprint density at radius 2 is 2.04 bits per heavy atom. The number of nitrogens with zero attached hydrogens (tertiary/aromatic N) is 1. The molecule has 0 aliphatic rings. The van der Waals surface area contributed by atoms with E-state index in [0.717, 1.165) is 5.56 Å². The fourth-order valence-electron chi connectivity index (χ4n) is 2.52. The second-order valence-electron chi connectivity index (χ2n) is 5.77. The average Bonchev–Trinajstić information content (AvgIpc) is 3.03. The van der Waals surface area contributed by atoms with Crippen LogP contribution < -0.4 is 15.4 Å². The van der Waals surface area contributed by atoms with Crippen molar-refractivity contribution in [1.82, 2.24) is 10.3 Å². The molecule has 0 radical (unpaired) electrons. The maximum Gasteiger partial charge on any atom is 0.319 e. The Bertz CT molecular complexity index is 940. The molecule has 0 atom stereocenters. The summed E-state index contributed by atoms with van der Waals surface area (Å²) in [6.45, 7) is 4.45. The van der Waals surface area contributed by atoms with Crippen LogP contribution in [0.15, 0.2) is 52.9 Å². The van der Waals surface area contributed by atoms with Gasteiger partial charge < -0.3 is 19.8 Å². The van der Waals surface area contributed by atoms with E-state index in [0.29, 0.717) is 40.4 Å². The summed E-state index contributed by atoms with van der Waals surface area (Å²) >= 11 is 6.01. The molecule has 0 saturated carbocycles. The van der Waals surface area contributed by atoms with Gasteiger partial charge >= 0.3 is 6.03 Å². The molecule has 3 rings (SSSR count). The third-order valence-electron chi connectivity index (χ3n) is 3.82. The zero-order valence-electron chi connectivity index (χ0n) is 15.1. The minimum Gasteiger partial charge on any atom is -0.492 e. The van der Waals surface area contributed by atoms with Crippen LogP contribution in [0.2, 0.25) is 5.02 Å². The number of carbonyl (C=O) groups excluding carboxylic acids is 1. The summed E-state index contributed by atoms with van der Waals surface area (Å²) in [5.74, 6) is 1.73. The molecule has 3 aromatic rings. The van der Waals surface area contributed by atoms with Crippen molar-refractivity contribution in [1.29, 1.82) is 0 Å². The van der Waals surface area contributed by atoms with Crippen LogP contribution in [0.5, 0.6) is 5.75 Å². The minimum atomic E-state index is -0.353. The fourth-order valence-corrected chi connectivity index (χ4v) is 2.71. The van der Waals surface area contributed by atoms with Crippen molar-refractivity contribution in [2.24, 2.45) is 0 Å². The highest BCUT2D eigenvalue weighted by molar-refractivity contribution is 6.30. The average molecular weight is 386 g/mol. The number of carbonyl (C=O) groups is 1. The molecule has 6 nitrogen and oxygen atoms in total. The van der Waals surface area contributed by atoms with Crippen molar-refractivity contribution in [3.63, 3.8) is 0 Å². The summed E-state index contributed by atoms with van der Waals surface area (Å²) in [5.41, 5.74) is 2.04. The number of halogens is 1. The number of urea groups is 1. The molecule has 0 saturated heterocycles. The van der Waals surface area contributed by atoms with Crippen LogP contribution in [0.4, 0.5) is 10.5 Å². The summed E-state index contributed by atoms with van der Waals surface area (Å²) in [7, 11) is 0. The summed E-state index contributed by atoms with van der Waals surface area (Å²) < 4.78 is 11.2. The molecule has 7 heteroatoms. The Hall–Kier alpha value is -2.99. The van der Waals surface area contributed by atoms with E-state index < -0.39 is 0 Å². The number of hydrogen-bond acceptors (Lipinski definition) is 4. The summed E-state index contributed by atoms with van der Waals surface area (Å²) in [6, 6.07) is 14.2. The molecule has 2 aromatic carbocycles. The molecule has 0 spiro atoms. The van der Waals surface area contributed by atoms with Crippen LogP contribution in [0.25, 0.3) is 11.5 Å². The first-order valence-corrected chi connectivity index (χ1v) is 8.93. The lowest BCUT2D eigenvalue weighted by atomic mass is 10.2. The zero-order chi connectivity index (χ0) is 19.2. The van der Waals surface area contributed by atoms with Gasteiger partial charge in [-0.2, -0.15) is 0 Å². The Morgan fingerprint density at radius 3 is 2.81 bits per heavy atom. The molecule has 0 fully saturated rings. The lowest BCUT2D eigenvalue weighted by Gasteiger charge is -2.11. The minimum absolute atomic E-state index is 0.235. The van der Waals surface area contributed by atoms with Crippen LogP contribution >= 0.6 is 11.6 Å². The molecule has 0 bridgehead atoms. The molecule has 140 valence electrons. The van der Waals surface area contributed by atoms with Crippen molar-refractivity contribution < 1.29 is 13.9 Å². The first kappa shape index (κ1) is 18.8. The molecule has 2 amide bonds. The van der Waals surface area contributed by atoms with Gasteiger partial charge in [-0.15, -0.1) is 0 Å². The van der Waals surface area contributed by atoms with E-state index in [1.54, 1.807) is 31.2 Å². The van der Waals surface area contributed by atoms with Crippen molar-refractivity contribution in [3.8, 4) is 17.2 Å². The van der Waals surface area contributed by atoms with Crippen molar-refractivity contribution in [2.45, 2.75) is 20.4 Å². The molecular formula is C20H20ClN3O3. The lowest BCUT2D eigenvalue weighted by molar-refractivity contribution is 0.251. The van der Waals surface area contributed by atoms with Gasteiger partial charge in [0.2, 0.25) is 5.89 Å². The van der Waals surface area contributed by atoms with Crippen molar-refractivity contribution >= 4 is 23.3 Å². The number of rotatable bonds is 6. The van der Waals surface area contributed by atoms with Gasteiger partial charge in [0.15, 0.2) is 0 Å². The Morgan fingerprint density at radius 1 is 1.22 bits per heavy atom. The molecule has 27 heavy (non-hydrogen) atoms.